The summed E-state index contributed by atoms with van der Waals surface area (Å²) in [6.45, 7) is 8.09. The third-order valence-electron chi connectivity index (χ3n) is 5.52. The molecule has 0 amide bonds. The number of nitrogens with one attached hydrogen (secondary N) is 2. The van der Waals surface area contributed by atoms with E-state index in [9.17, 15) is 5.11 Å². The molecule has 2 aliphatic rings. The number of rotatable bonds is 7. The van der Waals surface area contributed by atoms with Crippen LogP contribution in [0.15, 0.2) is 48.2 Å². The Bertz CT molecular complexity index is 1050. The van der Waals surface area contributed by atoms with Crippen LogP contribution in [-0.4, -0.2) is 32.3 Å². The predicted molar refractivity (Wildman–Crippen MR) is 131 cm³/mol. The SMILES string of the molecule is C/C=C\C(=C/C)NNC1CC(c2cc(O)c(OC)c(OC)c2)c2cc3c(cc2O1)OCO3.CC. The molecule has 2 aliphatic heterocycles. The van der Waals surface area contributed by atoms with Crippen LogP contribution in [0.4, 0.5) is 0 Å². The summed E-state index contributed by atoms with van der Waals surface area (Å²) in [5.74, 6) is 2.69. The molecule has 0 aliphatic carbocycles. The van der Waals surface area contributed by atoms with Crippen LogP contribution in [0, 0.1) is 0 Å². The lowest BCUT2D eigenvalue weighted by Crippen LogP contribution is -2.46. The standard InChI is InChI=1S/C24H28N2O6.C2H6/c1-5-7-15(6-2)25-26-23-11-16(14-8-18(27)24(29-4)22(9-14)28-3)17-10-20-21(31-13-30-20)12-19(17)32-23;1-2/h5-10,12,16,23,25-27H,11,13H2,1-4H3;1-2H3/b7-5-,15-6+;. The molecule has 3 N–H and O–H groups in total. The van der Waals surface area contributed by atoms with Crippen molar-refractivity contribution < 1.29 is 28.8 Å². The smallest absolute Gasteiger partial charge is 0.231 e. The van der Waals surface area contributed by atoms with Gasteiger partial charge in [0.05, 0.1) is 14.2 Å². The lowest BCUT2D eigenvalue weighted by molar-refractivity contribution is 0.118. The maximum atomic E-state index is 10.5. The van der Waals surface area contributed by atoms with Gasteiger partial charge in [0.25, 0.3) is 0 Å². The summed E-state index contributed by atoms with van der Waals surface area (Å²) in [4.78, 5) is 0. The van der Waals surface area contributed by atoms with Crippen molar-refractivity contribution >= 4 is 0 Å². The monoisotopic (exact) mass is 470 g/mol. The number of hydrogen-bond donors (Lipinski definition) is 3. The molecule has 0 radical (unpaired) electrons. The van der Waals surface area contributed by atoms with Gasteiger partial charge >= 0.3 is 0 Å². The number of ether oxygens (including phenoxy) is 5. The number of hydrogen-bond acceptors (Lipinski definition) is 8. The Labute approximate surface area is 201 Å². The Kier molecular flexibility index (Phi) is 8.54. The highest BCUT2D eigenvalue weighted by molar-refractivity contribution is 5.59. The molecule has 0 bridgehead atoms. The Hall–Kier alpha value is -3.52. The number of phenolic OH excluding ortho intramolecular Hbond substituents is 1. The number of aromatic hydroxyl groups is 1. The molecule has 0 saturated carbocycles. The fourth-order valence-electron chi connectivity index (χ4n) is 3.98. The van der Waals surface area contributed by atoms with Crippen LogP contribution in [0.3, 0.4) is 0 Å². The maximum Gasteiger partial charge on any atom is 0.231 e. The van der Waals surface area contributed by atoms with Gasteiger partial charge in [0.1, 0.15) is 5.75 Å². The second kappa shape index (κ2) is 11.6. The van der Waals surface area contributed by atoms with Gasteiger partial charge in [-0.15, -0.1) is 0 Å². The number of methoxy groups -OCH3 is 2. The Morgan fingerprint density at radius 1 is 1.03 bits per heavy atom. The molecule has 34 heavy (non-hydrogen) atoms. The molecule has 8 heteroatoms. The van der Waals surface area contributed by atoms with Crippen molar-refractivity contribution in [2.24, 2.45) is 0 Å². The normalized spacial score (nSPS) is 18.5. The summed E-state index contributed by atoms with van der Waals surface area (Å²) in [5, 5.41) is 10.5. The summed E-state index contributed by atoms with van der Waals surface area (Å²) >= 11 is 0. The minimum atomic E-state index is -0.344. The van der Waals surface area contributed by atoms with Crippen LogP contribution in [0.25, 0.3) is 0 Å². The summed E-state index contributed by atoms with van der Waals surface area (Å²) < 4.78 is 28.1. The zero-order valence-electron chi connectivity index (χ0n) is 20.6. The van der Waals surface area contributed by atoms with Gasteiger partial charge in [-0.05, 0) is 43.7 Å². The predicted octanol–water partition coefficient (Wildman–Crippen LogP) is 4.98. The minimum Gasteiger partial charge on any atom is -0.504 e. The Morgan fingerprint density at radius 2 is 1.76 bits per heavy atom. The lowest BCUT2D eigenvalue weighted by atomic mass is 9.85. The molecule has 0 fully saturated rings. The molecule has 4 rings (SSSR count). The van der Waals surface area contributed by atoms with Crippen molar-refractivity contribution in [1.82, 2.24) is 10.9 Å². The largest absolute Gasteiger partial charge is 0.504 e. The number of hydrazine groups is 1. The first-order valence-electron chi connectivity index (χ1n) is 11.4. The average molecular weight is 471 g/mol. The van der Waals surface area contributed by atoms with Gasteiger partial charge in [0.2, 0.25) is 12.5 Å². The number of allylic oxidation sites excluding steroid dienone is 3. The first kappa shape index (κ1) is 25.1. The van der Waals surface area contributed by atoms with Gasteiger partial charge < -0.3 is 34.2 Å². The highest BCUT2D eigenvalue weighted by Gasteiger charge is 2.33. The molecular formula is C26H34N2O6. The van der Waals surface area contributed by atoms with Crippen LogP contribution in [-0.2, 0) is 0 Å². The molecule has 2 aromatic carbocycles. The number of fused-ring (bicyclic) bond motifs is 2. The summed E-state index contributed by atoms with van der Waals surface area (Å²) in [6.07, 6.45) is 6.14. The van der Waals surface area contributed by atoms with Crippen LogP contribution >= 0.6 is 0 Å². The first-order chi connectivity index (χ1) is 16.6. The van der Waals surface area contributed by atoms with E-state index in [0.29, 0.717) is 35.2 Å². The zero-order chi connectivity index (χ0) is 24.7. The van der Waals surface area contributed by atoms with Crippen LogP contribution in [0.1, 0.15) is 51.2 Å². The molecule has 0 saturated heterocycles. The van der Waals surface area contributed by atoms with E-state index < -0.39 is 0 Å². The molecule has 2 atom stereocenters. The van der Waals surface area contributed by atoms with Gasteiger partial charge in [-0.25, -0.2) is 0 Å². The second-order valence-electron chi connectivity index (χ2n) is 7.43. The van der Waals surface area contributed by atoms with Gasteiger partial charge in [0, 0.05) is 29.7 Å². The van der Waals surface area contributed by atoms with Crippen molar-refractivity contribution in [3.8, 4) is 34.5 Å². The third-order valence-corrected chi connectivity index (χ3v) is 5.52. The van der Waals surface area contributed by atoms with Crippen molar-refractivity contribution in [2.45, 2.75) is 46.3 Å². The van der Waals surface area contributed by atoms with Crippen LogP contribution < -0.4 is 34.5 Å². The van der Waals surface area contributed by atoms with Crippen molar-refractivity contribution in [3.05, 3.63) is 59.3 Å². The molecule has 184 valence electrons. The molecule has 8 nitrogen and oxygen atoms in total. The molecule has 0 spiro atoms. The number of phenols is 1. The van der Waals surface area contributed by atoms with E-state index in [-0.39, 0.29) is 24.7 Å². The summed E-state index contributed by atoms with van der Waals surface area (Å²) in [5.41, 5.74) is 9.18. The lowest BCUT2D eigenvalue weighted by Gasteiger charge is -2.33. The molecule has 2 unspecified atom stereocenters. The topological polar surface area (TPSA) is 90.4 Å². The summed E-state index contributed by atoms with van der Waals surface area (Å²) in [7, 11) is 3.04. The minimum absolute atomic E-state index is 0.0163. The van der Waals surface area contributed by atoms with Gasteiger partial charge in [-0.3, -0.25) is 0 Å². The van der Waals surface area contributed by atoms with E-state index in [1.54, 1.807) is 13.2 Å². The fourth-order valence-corrected chi connectivity index (χ4v) is 3.98. The Balaban J connectivity index is 0.00000158. The van der Waals surface area contributed by atoms with Crippen LogP contribution in [0.2, 0.25) is 0 Å². The molecule has 2 heterocycles. The fraction of sp³-hybridized carbons (Fsp3) is 0.385. The first-order valence-corrected chi connectivity index (χ1v) is 11.4. The van der Waals surface area contributed by atoms with E-state index in [1.807, 2.05) is 64.1 Å². The van der Waals surface area contributed by atoms with E-state index in [4.69, 9.17) is 23.7 Å². The van der Waals surface area contributed by atoms with Gasteiger partial charge in [-0.2, -0.15) is 5.43 Å². The van der Waals surface area contributed by atoms with E-state index in [0.717, 1.165) is 16.8 Å². The van der Waals surface area contributed by atoms with E-state index in [2.05, 4.69) is 10.9 Å². The summed E-state index contributed by atoms with van der Waals surface area (Å²) in [6, 6.07) is 7.37. The van der Waals surface area contributed by atoms with Crippen molar-refractivity contribution in [2.75, 3.05) is 21.0 Å². The molecule has 0 aromatic heterocycles. The van der Waals surface area contributed by atoms with Crippen molar-refractivity contribution in [3.63, 3.8) is 0 Å². The van der Waals surface area contributed by atoms with E-state index in [1.165, 1.54) is 7.11 Å². The quantitative estimate of drug-likeness (QED) is 0.386. The number of benzene rings is 2. The maximum absolute atomic E-state index is 10.5. The van der Waals surface area contributed by atoms with Gasteiger partial charge in [-0.1, -0.05) is 26.0 Å². The van der Waals surface area contributed by atoms with Gasteiger partial charge in [0.15, 0.2) is 29.2 Å². The average Bonchev–Trinajstić information content (AvgIpc) is 3.32. The highest BCUT2D eigenvalue weighted by atomic mass is 16.7. The van der Waals surface area contributed by atoms with E-state index >= 15 is 0 Å². The zero-order valence-corrected chi connectivity index (χ0v) is 20.6. The highest BCUT2D eigenvalue weighted by Crippen LogP contribution is 2.49. The van der Waals surface area contributed by atoms with Crippen LogP contribution in [0.5, 0.6) is 34.5 Å². The third kappa shape index (κ3) is 5.17. The Morgan fingerprint density at radius 3 is 2.41 bits per heavy atom. The second-order valence-corrected chi connectivity index (χ2v) is 7.43. The molecule has 2 aromatic rings. The molecular weight excluding hydrogens is 436 g/mol. The van der Waals surface area contributed by atoms with Crippen molar-refractivity contribution in [1.29, 1.82) is 0 Å².